The third-order valence-electron chi connectivity index (χ3n) is 3.76. The second-order valence-corrected chi connectivity index (χ2v) is 6.10. The lowest BCUT2D eigenvalue weighted by Crippen LogP contribution is -2.39. The van der Waals surface area contributed by atoms with Crippen molar-refractivity contribution in [1.82, 2.24) is 4.98 Å². The van der Waals surface area contributed by atoms with E-state index in [1.54, 1.807) is 0 Å². The van der Waals surface area contributed by atoms with Gasteiger partial charge in [0.05, 0.1) is 0 Å². The molecule has 0 fully saturated rings. The highest BCUT2D eigenvalue weighted by atomic mass is 16.4. The lowest BCUT2D eigenvalue weighted by molar-refractivity contribution is 0.0696. The van der Waals surface area contributed by atoms with Crippen LogP contribution in [-0.2, 0) is 0 Å². The normalized spacial score (nSPS) is 11.2. The lowest BCUT2D eigenvalue weighted by Gasteiger charge is -2.34. The Labute approximate surface area is 128 Å². The van der Waals surface area contributed by atoms with Crippen molar-refractivity contribution >= 4 is 11.8 Å². The van der Waals surface area contributed by atoms with Crippen LogP contribution in [0.4, 0.5) is 5.82 Å². The van der Waals surface area contributed by atoms with Crippen molar-refractivity contribution in [3.05, 3.63) is 22.9 Å². The van der Waals surface area contributed by atoms with Gasteiger partial charge < -0.3 is 10.0 Å². The number of rotatable bonds is 7. The van der Waals surface area contributed by atoms with Gasteiger partial charge in [-0.3, -0.25) is 0 Å². The molecule has 0 aromatic carbocycles. The number of aromatic carboxylic acids is 1. The second kappa shape index (κ2) is 7.43. The molecule has 1 rings (SSSR count). The summed E-state index contributed by atoms with van der Waals surface area (Å²) in [7, 11) is 0. The molecule has 0 aliphatic rings. The number of aromatic nitrogens is 1. The maximum Gasteiger partial charge on any atom is 0.339 e. The first-order valence-corrected chi connectivity index (χ1v) is 7.79. The summed E-state index contributed by atoms with van der Waals surface area (Å²) < 4.78 is 0. The fourth-order valence-electron chi connectivity index (χ4n) is 2.82. The first-order chi connectivity index (χ1) is 9.81. The molecule has 1 aromatic heterocycles. The van der Waals surface area contributed by atoms with E-state index in [0.717, 1.165) is 30.6 Å². The van der Waals surface area contributed by atoms with Gasteiger partial charge in [-0.15, -0.1) is 0 Å². The third-order valence-corrected chi connectivity index (χ3v) is 3.76. The Morgan fingerprint density at radius 1 is 1.29 bits per heavy atom. The first-order valence-electron chi connectivity index (χ1n) is 7.79. The first kappa shape index (κ1) is 17.5. The molecule has 0 unspecified atom stereocenters. The molecule has 118 valence electrons. The van der Waals surface area contributed by atoms with Crippen LogP contribution in [0, 0.1) is 19.8 Å². The topological polar surface area (TPSA) is 53.4 Å². The summed E-state index contributed by atoms with van der Waals surface area (Å²) in [6.07, 6.45) is 1.97. The zero-order valence-electron chi connectivity index (χ0n) is 14.1. The van der Waals surface area contributed by atoms with Gasteiger partial charge in [0.1, 0.15) is 11.4 Å². The number of carbonyl (C=O) groups is 1. The van der Waals surface area contributed by atoms with Crippen LogP contribution in [-0.4, -0.2) is 28.6 Å². The maximum atomic E-state index is 11.7. The van der Waals surface area contributed by atoms with Crippen LogP contribution in [0.1, 0.15) is 62.2 Å². The van der Waals surface area contributed by atoms with Gasteiger partial charge >= 0.3 is 5.97 Å². The molecule has 1 aromatic rings. The highest BCUT2D eigenvalue weighted by Gasteiger charge is 2.25. The van der Waals surface area contributed by atoms with E-state index in [4.69, 9.17) is 0 Å². The second-order valence-electron chi connectivity index (χ2n) is 6.10. The van der Waals surface area contributed by atoms with Crippen molar-refractivity contribution in [2.75, 3.05) is 11.4 Å². The third kappa shape index (κ3) is 4.19. The molecule has 0 atom stereocenters. The predicted molar refractivity (Wildman–Crippen MR) is 87.2 cm³/mol. The van der Waals surface area contributed by atoms with Gasteiger partial charge in [0.25, 0.3) is 0 Å². The van der Waals surface area contributed by atoms with Crippen molar-refractivity contribution in [3.8, 4) is 0 Å². The highest BCUT2D eigenvalue weighted by Crippen LogP contribution is 2.27. The van der Waals surface area contributed by atoms with Crippen molar-refractivity contribution < 1.29 is 9.90 Å². The largest absolute Gasteiger partial charge is 0.478 e. The Balaban J connectivity index is 3.44. The number of hydrogen-bond acceptors (Lipinski definition) is 3. The van der Waals surface area contributed by atoms with E-state index < -0.39 is 5.97 Å². The summed E-state index contributed by atoms with van der Waals surface area (Å²) in [5.41, 5.74) is 1.99. The molecular formula is C17H28N2O2. The van der Waals surface area contributed by atoms with E-state index in [9.17, 15) is 9.90 Å². The number of carboxylic acids is 1. The number of aryl methyl sites for hydroxylation is 2. The zero-order valence-corrected chi connectivity index (χ0v) is 14.1. The van der Waals surface area contributed by atoms with E-state index in [2.05, 4.69) is 37.6 Å². The number of hydrogen-bond donors (Lipinski definition) is 1. The Kier molecular flexibility index (Phi) is 6.19. The summed E-state index contributed by atoms with van der Waals surface area (Å²) >= 11 is 0. The highest BCUT2D eigenvalue weighted by molar-refractivity contribution is 5.95. The monoisotopic (exact) mass is 292 g/mol. The van der Waals surface area contributed by atoms with Crippen LogP contribution in [0.15, 0.2) is 6.07 Å². The number of carboxylic acid groups (broad SMARTS) is 1. The molecule has 0 aliphatic heterocycles. The van der Waals surface area contributed by atoms with Gasteiger partial charge in [-0.2, -0.15) is 0 Å². The molecule has 0 spiro atoms. The van der Waals surface area contributed by atoms with Gasteiger partial charge in [0, 0.05) is 18.3 Å². The van der Waals surface area contributed by atoms with E-state index in [1.165, 1.54) is 0 Å². The summed E-state index contributed by atoms with van der Waals surface area (Å²) in [5, 5.41) is 9.58. The quantitative estimate of drug-likeness (QED) is 0.823. The van der Waals surface area contributed by atoms with Crippen LogP contribution in [0.25, 0.3) is 0 Å². The molecule has 1 heterocycles. The van der Waals surface area contributed by atoms with Crippen LogP contribution >= 0.6 is 0 Å². The minimum absolute atomic E-state index is 0.319. The fourth-order valence-corrected chi connectivity index (χ4v) is 2.82. The van der Waals surface area contributed by atoms with E-state index >= 15 is 0 Å². The molecule has 0 bridgehead atoms. The molecule has 1 N–H and O–H groups in total. The molecular weight excluding hydrogens is 264 g/mol. The summed E-state index contributed by atoms with van der Waals surface area (Å²) in [5.74, 6) is 0.187. The van der Waals surface area contributed by atoms with Crippen LogP contribution in [0.2, 0.25) is 0 Å². The van der Waals surface area contributed by atoms with Crippen molar-refractivity contribution in [3.63, 3.8) is 0 Å². The van der Waals surface area contributed by atoms with Crippen molar-refractivity contribution in [1.29, 1.82) is 0 Å². The average Bonchev–Trinajstić information content (AvgIpc) is 2.36. The van der Waals surface area contributed by atoms with Crippen LogP contribution in [0.5, 0.6) is 0 Å². The Hall–Kier alpha value is -1.58. The Morgan fingerprint density at radius 3 is 2.29 bits per heavy atom. The number of pyridine rings is 1. The summed E-state index contributed by atoms with van der Waals surface area (Å²) in [6, 6.07) is 2.16. The minimum atomic E-state index is -0.894. The van der Waals surface area contributed by atoms with Gasteiger partial charge in [0.2, 0.25) is 0 Å². The molecule has 21 heavy (non-hydrogen) atoms. The minimum Gasteiger partial charge on any atom is -0.478 e. The van der Waals surface area contributed by atoms with Gasteiger partial charge in [-0.1, -0.05) is 27.7 Å². The van der Waals surface area contributed by atoms with Crippen LogP contribution < -0.4 is 4.90 Å². The SMILES string of the molecule is CCC(CC)N(CC(C)C)c1nc(C)cc(C)c1C(=O)O. The van der Waals surface area contributed by atoms with E-state index in [-0.39, 0.29) is 0 Å². The zero-order chi connectivity index (χ0) is 16.2. The fraction of sp³-hybridized carbons (Fsp3) is 0.647. The number of nitrogens with zero attached hydrogens (tertiary/aromatic N) is 2. The Bertz CT molecular complexity index is 494. The Morgan fingerprint density at radius 2 is 1.86 bits per heavy atom. The molecule has 0 saturated heterocycles. The van der Waals surface area contributed by atoms with Gasteiger partial charge in [0.15, 0.2) is 0 Å². The molecule has 4 nitrogen and oxygen atoms in total. The standard InChI is InChI=1S/C17H28N2O2/c1-7-14(8-2)19(10-11(3)4)16-15(17(20)21)12(5)9-13(6)18-16/h9,11,14H,7-8,10H2,1-6H3,(H,20,21). The van der Waals surface area contributed by atoms with E-state index in [1.807, 2.05) is 19.9 Å². The molecule has 0 amide bonds. The number of anilines is 1. The van der Waals surface area contributed by atoms with E-state index in [0.29, 0.717) is 23.3 Å². The van der Waals surface area contributed by atoms with Crippen molar-refractivity contribution in [2.24, 2.45) is 5.92 Å². The molecule has 4 heteroatoms. The van der Waals surface area contributed by atoms with Gasteiger partial charge in [-0.25, -0.2) is 9.78 Å². The summed E-state index contributed by atoms with van der Waals surface area (Å²) in [4.78, 5) is 18.4. The van der Waals surface area contributed by atoms with Crippen molar-refractivity contribution in [2.45, 2.75) is 60.4 Å². The average molecular weight is 292 g/mol. The molecule has 0 radical (unpaired) electrons. The van der Waals surface area contributed by atoms with Crippen LogP contribution in [0.3, 0.4) is 0 Å². The summed E-state index contributed by atoms with van der Waals surface area (Å²) in [6.45, 7) is 13.2. The molecule has 0 aliphatic carbocycles. The van der Waals surface area contributed by atoms with Gasteiger partial charge in [-0.05, 0) is 44.2 Å². The maximum absolute atomic E-state index is 11.7. The molecule has 0 saturated carbocycles. The smallest absolute Gasteiger partial charge is 0.339 e. The lowest BCUT2D eigenvalue weighted by atomic mass is 10.0. The predicted octanol–water partition coefficient (Wildman–Crippen LogP) is 4.05.